The van der Waals surface area contributed by atoms with Crippen LogP contribution in [0.4, 0.5) is 5.00 Å². The highest BCUT2D eigenvalue weighted by molar-refractivity contribution is 7.80. The number of ether oxygens (including phenoxy) is 1. The highest BCUT2D eigenvalue weighted by Crippen LogP contribution is 2.34. The molecule has 0 aliphatic carbocycles. The average molecular weight is 342 g/mol. The molecule has 0 bridgehead atoms. The molecule has 1 aromatic rings. The summed E-state index contributed by atoms with van der Waals surface area (Å²) in [6, 6.07) is 0. The van der Waals surface area contributed by atoms with E-state index in [1.165, 1.54) is 7.11 Å². The number of thiocarbonyl (C=S) groups is 1. The second-order valence-corrected chi connectivity index (χ2v) is 7.02. The minimum atomic E-state index is -0.301. The molecule has 2 rings (SSSR count). The molecule has 1 aliphatic heterocycles. The molecule has 0 radical (unpaired) electrons. The lowest BCUT2D eigenvalue weighted by Gasteiger charge is -2.34. The Labute approximate surface area is 141 Å². The van der Waals surface area contributed by atoms with Gasteiger partial charge >= 0.3 is 5.97 Å². The Bertz CT molecular complexity index is 563. The van der Waals surface area contributed by atoms with Crippen LogP contribution in [0, 0.1) is 6.92 Å². The molecule has 2 heterocycles. The van der Waals surface area contributed by atoms with E-state index in [0.29, 0.717) is 10.7 Å². The zero-order valence-corrected chi connectivity index (χ0v) is 15.2. The van der Waals surface area contributed by atoms with Crippen molar-refractivity contribution in [3.63, 3.8) is 0 Å². The molecular weight excluding hydrogens is 318 g/mol. The van der Waals surface area contributed by atoms with Gasteiger partial charge in [0.25, 0.3) is 0 Å². The Morgan fingerprint density at radius 1 is 1.36 bits per heavy atom. The number of piperazine rings is 1. The van der Waals surface area contributed by atoms with E-state index >= 15 is 0 Å². The zero-order valence-electron chi connectivity index (χ0n) is 13.6. The van der Waals surface area contributed by atoms with Gasteiger partial charge in [-0.2, -0.15) is 0 Å². The van der Waals surface area contributed by atoms with E-state index in [1.807, 2.05) is 13.8 Å². The standard InChI is InChI=1S/C15H23N3O2S2/c1-5-11-10(2)22-13(12(11)14(19)20-4)16-15(21)18-8-6-17(3)7-9-18/h5-9H2,1-4H3,(H,16,21). The van der Waals surface area contributed by atoms with Crippen LogP contribution >= 0.6 is 23.6 Å². The van der Waals surface area contributed by atoms with E-state index in [9.17, 15) is 4.79 Å². The first-order valence-electron chi connectivity index (χ1n) is 7.43. The van der Waals surface area contributed by atoms with Gasteiger partial charge in [0.2, 0.25) is 0 Å². The number of thiophene rings is 1. The molecular formula is C15H23N3O2S2. The molecule has 1 fully saturated rings. The third kappa shape index (κ3) is 3.59. The molecule has 0 aromatic carbocycles. The number of carbonyl (C=O) groups excluding carboxylic acids is 1. The molecule has 0 spiro atoms. The summed E-state index contributed by atoms with van der Waals surface area (Å²) in [5, 5.41) is 4.74. The van der Waals surface area contributed by atoms with Crippen molar-refractivity contribution in [2.24, 2.45) is 0 Å². The third-order valence-corrected chi connectivity index (χ3v) is 5.39. The Kier molecular flexibility index (Phi) is 5.77. The number of anilines is 1. The lowest BCUT2D eigenvalue weighted by atomic mass is 10.1. The van der Waals surface area contributed by atoms with Crippen molar-refractivity contribution in [3.8, 4) is 0 Å². The first kappa shape index (κ1) is 17.2. The van der Waals surface area contributed by atoms with Crippen molar-refractivity contribution in [1.29, 1.82) is 0 Å². The van der Waals surface area contributed by atoms with Gasteiger partial charge in [-0.15, -0.1) is 11.3 Å². The van der Waals surface area contributed by atoms with E-state index in [4.69, 9.17) is 17.0 Å². The lowest BCUT2D eigenvalue weighted by Crippen LogP contribution is -2.48. The molecule has 5 nitrogen and oxygen atoms in total. The summed E-state index contributed by atoms with van der Waals surface area (Å²) >= 11 is 7.08. The van der Waals surface area contributed by atoms with Gasteiger partial charge in [0, 0.05) is 31.1 Å². The number of likely N-dealkylation sites (N-methyl/N-ethyl adjacent to an activating group) is 1. The first-order valence-corrected chi connectivity index (χ1v) is 8.65. The summed E-state index contributed by atoms with van der Waals surface area (Å²) in [5.41, 5.74) is 1.67. The Morgan fingerprint density at radius 3 is 2.55 bits per heavy atom. The van der Waals surface area contributed by atoms with E-state index in [2.05, 4.69) is 22.2 Å². The fourth-order valence-electron chi connectivity index (χ4n) is 2.60. The first-order chi connectivity index (χ1) is 10.5. The second kappa shape index (κ2) is 7.39. The predicted octanol–water partition coefficient (Wildman–Crippen LogP) is 2.35. The maximum atomic E-state index is 12.1. The highest BCUT2D eigenvalue weighted by Gasteiger charge is 2.24. The molecule has 1 saturated heterocycles. The van der Waals surface area contributed by atoms with Gasteiger partial charge in [-0.1, -0.05) is 6.92 Å². The summed E-state index contributed by atoms with van der Waals surface area (Å²) < 4.78 is 4.94. The quantitative estimate of drug-likeness (QED) is 0.673. The largest absolute Gasteiger partial charge is 0.465 e. The number of aryl methyl sites for hydroxylation is 1. The number of rotatable bonds is 3. The maximum Gasteiger partial charge on any atom is 0.341 e. The summed E-state index contributed by atoms with van der Waals surface area (Å²) in [4.78, 5) is 17.7. The van der Waals surface area contributed by atoms with Crippen molar-refractivity contribution in [1.82, 2.24) is 9.80 Å². The Hall–Kier alpha value is -1.18. The molecule has 122 valence electrons. The summed E-state index contributed by atoms with van der Waals surface area (Å²) in [7, 11) is 3.52. The van der Waals surface area contributed by atoms with Crippen LogP contribution < -0.4 is 5.32 Å². The van der Waals surface area contributed by atoms with Gasteiger partial charge in [0.05, 0.1) is 12.7 Å². The molecule has 22 heavy (non-hydrogen) atoms. The topological polar surface area (TPSA) is 44.8 Å². The summed E-state index contributed by atoms with van der Waals surface area (Å²) in [6.07, 6.45) is 0.801. The fourth-order valence-corrected chi connectivity index (χ4v) is 4.08. The smallest absolute Gasteiger partial charge is 0.341 e. The van der Waals surface area contributed by atoms with Gasteiger partial charge in [-0.3, -0.25) is 0 Å². The van der Waals surface area contributed by atoms with Crippen LogP contribution in [0.1, 0.15) is 27.7 Å². The minimum Gasteiger partial charge on any atom is -0.465 e. The predicted molar refractivity (Wildman–Crippen MR) is 95.1 cm³/mol. The maximum absolute atomic E-state index is 12.1. The van der Waals surface area contributed by atoms with Crippen LogP contribution in [0.3, 0.4) is 0 Å². The Balaban J connectivity index is 2.18. The number of nitrogens with zero attached hydrogens (tertiary/aromatic N) is 2. The van der Waals surface area contributed by atoms with E-state index in [0.717, 1.165) is 48.0 Å². The van der Waals surface area contributed by atoms with Gasteiger partial charge in [0.1, 0.15) is 5.00 Å². The van der Waals surface area contributed by atoms with Gasteiger partial charge in [-0.05, 0) is 38.2 Å². The van der Waals surface area contributed by atoms with Crippen molar-refractivity contribution in [2.75, 3.05) is 45.7 Å². The fraction of sp³-hybridized carbons (Fsp3) is 0.600. The second-order valence-electron chi connectivity index (χ2n) is 5.41. The number of nitrogens with one attached hydrogen (secondary N) is 1. The summed E-state index contributed by atoms with van der Waals surface area (Å²) in [5.74, 6) is -0.301. The van der Waals surface area contributed by atoms with Crippen molar-refractivity contribution >= 4 is 39.6 Å². The molecule has 0 saturated carbocycles. The minimum absolute atomic E-state index is 0.301. The van der Waals surface area contributed by atoms with Crippen LogP contribution in [0.15, 0.2) is 0 Å². The zero-order chi connectivity index (χ0) is 16.3. The molecule has 1 aliphatic rings. The number of carbonyl (C=O) groups is 1. The van der Waals surface area contributed by atoms with Crippen LogP contribution in [-0.2, 0) is 11.2 Å². The lowest BCUT2D eigenvalue weighted by molar-refractivity contribution is 0.0601. The van der Waals surface area contributed by atoms with Crippen molar-refractivity contribution in [2.45, 2.75) is 20.3 Å². The van der Waals surface area contributed by atoms with E-state index < -0.39 is 0 Å². The molecule has 1 N–H and O–H groups in total. The third-order valence-electron chi connectivity index (χ3n) is 3.96. The van der Waals surface area contributed by atoms with Crippen LogP contribution in [0.25, 0.3) is 0 Å². The summed E-state index contributed by atoms with van der Waals surface area (Å²) in [6.45, 7) is 7.87. The van der Waals surface area contributed by atoms with Gasteiger partial charge < -0.3 is 19.9 Å². The van der Waals surface area contributed by atoms with Crippen molar-refractivity contribution < 1.29 is 9.53 Å². The van der Waals surface area contributed by atoms with Crippen LogP contribution in [-0.4, -0.2) is 61.2 Å². The molecule has 1 aromatic heterocycles. The molecule has 0 unspecified atom stereocenters. The number of hydrogen-bond acceptors (Lipinski definition) is 5. The number of methoxy groups -OCH3 is 1. The molecule has 7 heteroatoms. The number of hydrogen-bond donors (Lipinski definition) is 1. The average Bonchev–Trinajstić information content (AvgIpc) is 2.82. The Morgan fingerprint density at radius 2 is 2.00 bits per heavy atom. The van der Waals surface area contributed by atoms with Gasteiger partial charge in [0.15, 0.2) is 5.11 Å². The van der Waals surface area contributed by atoms with E-state index in [1.54, 1.807) is 11.3 Å². The van der Waals surface area contributed by atoms with E-state index in [-0.39, 0.29) is 5.97 Å². The van der Waals surface area contributed by atoms with Gasteiger partial charge in [-0.25, -0.2) is 4.79 Å². The molecule has 0 atom stereocenters. The van der Waals surface area contributed by atoms with Crippen molar-refractivity contribution in [3.05, 3.63) is 16.0 Å². The van der Waals surface area contributed by atoms with Crippen LogP contribution in [0.5, 0.6) is 0 Å². The highest BCUT2D eigenvalue weighted by atomic mass is 32.1. The molecule has 0 amide bonds. The SMILES string of the molecule is CCc1c(C)sc(NC(=S)N2CCN(C)CC2)c1C(=O)OC. The monoisotopic (exact) mass is 341 g/mol. The number of esters is 1. The normalized spacial score (nSPS) is 15.7. The van der Waals surface area contributed by atoms with Crippen LogP contribution in [0.2, 0.25) is 0 Å².